The van der Waals surface area contributed by atoms with E-state index in [2.05, 4.69) is 67.3 Å². The minimum atomic E-state index is 1.11. The second-order valence-electron chi connectivity index (χ2n) is 3.87. The quantitative estimate of drug-likeness (QED) is 0.516. The van der Waals surface area contributed by atoms with E-state index in [1.54, 1.807) is 0 Å². The normalized spacial score (nSPS) is 10.8. The fraction of sp³-hybridized carbons (Fsp3) is 0. The predicted octanol–water partition coefficient (Wildman–Crippen LogP) is 4.33. The molecule has 75 valence electrons. The Balaban J connectivity index is 2.61. The molecule has 0 spiro atoms. The van der Waals surface area contributed by atoms with E-state index in [1.165, 1.54) is 21.5 Å². The molecule has 0 heterocycles. The summed E-state index contributed by atoms with van der Waals surface area (Å²) in [7, 11) is 0. The van der Waals surface area contributed by atoms with Gasteiger partial charge in [-0.2, -0.15) is 0 Å². The van der Waals surface area contributed by atoms with Crippen LogP contribution in [0.2, 0.25) is 0 Å². The van der Waals surface area contributed by atoms with Gasteiger partial charge in [0.1, 0.15) is 0 Å². The Labute approximate surface area is 94.8 Å². The number of rotatable bonds is 1. The van der Waals surface area contributed by atoms with Gasteiger partial charge in [-0.3, -0.25) is 0 Å². The second-order valence-corrected chi connectivity index (χ2v) is 3.87. The maximum absolute atomic E-state index is 3.81. The number of fused-ring (bicyclic) bond motifs is 2. The third-order valence-electron chi connectivity index (χ3n) is 2.95. The Morgan fingerprint density at radius 3 is 1.75 bits per heavy atom. The first kappa shape index (κ1) is 9.17. The van der Waals surface area contributed by atoms with Crippen molar-refractivity contribution in [1.82, 2.24) is 0 Å². The third-order valence-corrected chi connectivity index (χ3v) is 2.95. The molecule has 0 heteroatoms. The maximum atomic E-state index is 3.81. The Kier molecular flexibility index (Phi) is 2.00. The van der Waals surface area contributed by atoms with Crippen molar-refractivity contribution in [2.45, 2.75) is 0 Å². The number of hydrogen-bond acceptors (Lipinski definition) is 0. The molecule has 0 unspecified atom stereocenters. The number of hydrogen-bond donors (Lipinski definition) is 0. The molecule has 3 aromatic carbocycles. The van der Waals surface area contributed by atoms with E-state index in [4.69, 9.17) is 0 Å². The first-order valence-electron chi connectivity index (χ1n) is 5.34. The lowest BCUT2D eigenvalue weighted by Crippen LogP contribution is -1.83. The summed E-state index contributed by atoms with van der Waals surface area (Å²) in [4.78, 5) is 0. The molecule has 0 fully saturated rings. The topological polar surface area (TPSA) is 0 Å². The molecule has 0 N–H and O–H groups in total. The van der Waals surface area contributed by atoms with E-state index in [9.17, 15) is 0 Å². The standard InChI is InChI=1S/C16H11/c1-2-14-15-9-5-3-7-12(15)11-13-8-4-6-10-16(13)14/h3-11H,1H2. The molecule has 0 aliphatic rings. The first-order valence-corrected chi connectivity index (χ1v) is 5.34. The lowest BCUT2D eigenvalue weighted by molar-refractivity contribution is 1.69. The van der Waals surface area contributed by atoms with Gasteiger partial charge in [0, 0.05) is 0 Å². The molecule has 0 bridgehead atoms. The van der Waals surface area contributed by atoms with Gasteiger partial charge in [-0.1, -0.05) is 55.1 Å². The van der Waals surface area contributed by atoms with E-state index in [0.717, 1.165) is 5.56 Å². The summed E-state index contributed by atoms with van der Waals surface area (Å²) >= 11 is 0. The monoisotopic (exact) mass is 203 g/mol. The second kappa shape index (κ2) is 3.49. The fourth-order valence-electron chi connectivity index (χ4n) is 2.20. The lowest BCUT2D eigenvalue weighted by Gasteiger charge is -2.07. The number of benzene rings is 3. The summed E-state index contributed by atoms with van der Waals surface area (Å²) in [6, 6.07) is 18.9. The van der Waals surface area contributed by atoms with Crippen LogP contribution in [0.15, 0.2) is 61.2 Å². The van der Waals surface area contributed by atoms with Crippen LogP contribution in [0.4, 0.5) is 0 Å². The predicted molar refractivity (Wildman–Crippen MR) is 69.4 cm³/mol. The molecule has 1 radical (unpaired) electrons. The van der Waals surface area contributed by atoms with Crippen LogP contribution in [0.25, 0.3) is 21.5 Å². The van der Waals surface area contributed by atoms with Crippen LogP contribution in [0.1, 0.15) is 5.56 Å². The molecule has 0 amide bonds. The zero-order valence-electron chi connectivity index (χ0n) is 8.90. The van der Waals surface area contributed by atoms with Crippen LogP contribution in [0, 0.1) is 6.08 Å². The lowest BCUT2D eigenvalue weighted by atomic mass is 9.97. The summed E-state index contributed by atoms with van der Waals surface area (Å²) in [5, 5.41) is 4.92. The minimum absolute atomic E-state index is 1.11. The van der Waals surface area contributed by atoms with Crippen LogP contribution in [-0.4, -0.2) is 0 Å². The fourth-order valence-corrected chi connectivity index (χ4v) is 2.20. The zero-order valence-corrected chi connectivity index (χ0v) is 8.90. The Bertz CT molecular complexity index is 624. The van der Waals surface area contributed by atoms with Crippen molar-refractivity contribution < 1.29 is 0 Å². The van der Waals surface area contributed by atoms with Crippen molar-refractivity contribution in [1.29, 1.82) is 0 Å². The van der Waals surface area contributed by atoms with Crippen molar-refractivity contribution in [3.63, 3.8) is 0 Å². The Morgan fingerprint density at radius 1 is 0.750 bits per heavy atom. The van der Waals surface area contributed by atoms with Gasteiger partial charge in [0.2, 0.25) is 0 Å². The first-order chi connectivity index (χ1) is 7.90. The molecular formula is C16H11. The molecule has 0 nitrogen and oxygen atoms in total. The Hall–Kier alpha value is -2.08. The molecule has 0 saturated heterocycles. The largest absolute Gasteiger partial charge is 0.0905 e. The minimum Gasteiger partial charge on any atom is -0.0905 e. The summed E-state index contributed by atoms with van der Waals surface area (Å²) < 4.78 is 0. The van der Waals surface area contributed by atoms with Gasteiger partial charge >= 0.3 is 0 Å². The van der Waals surface area contributed by atoms with Gasteiger partial charge in [0.15, 0.2) is 0 Å². The Morgan fingerprint density at radius 2 is 1.25 bits per heavy atom. The molecule has 16 heavy (non-hydrogen) atoms. The van der Waals surface area contributed by atoms with Gasteiger partial charge in [0.05, 0.1) is 0 Å². The van der Waals surface area contributed by atoms with Crippen LogP contribution < -0.4 is 0 Å². The molecule has 3 aromatic rings. The highest BCUT2D eigenvalue weighted by molar-refractivity contribution is 6.03. The maximum Gasteiger partial charge on any atom is -0.00267 e. The van der Waals surface area contributed by atoms with Crippen LogP contribution in [0.5, 0.6) is 0 Å². The van der Waals surface area contributed by atoms with E-state index in [0.29, 0.717) is 0 Å². The van der Waals surface area contributed by atoms with Gasteiger partial charge in [-0.05, 0) is 39.3 Å². The molecule has 0 saturated carbocycles. The zero-order chi connectivity index (χ0) is 11.0. The smallest absolute Gasteiger partial charge is 0.00267 e. The highest BCUT2D eigenvalue weighted by Gasteiger charge is 2.03. The third kappa shape index (κ3) is 1.24. The SMILES string of the molecule is C=[C]c1c2ccccc2cc2ccccc12. The van der Waals surface area contributed by atoms with Crippen molar-refractivity contribution in [3.05, 3.63) is 72.8 Å². The molecule has 0 aromatic heterocycles. The summed E-state index contributed by atoms with van der Waals surface area (Å²) in [5.41, 5.74) is 1.11. The average Bonchev–Trinajstić information content (AvgIpc) is 2.36. The van der Waals surface area contributed by atoms with Gasteiger partial charge in [-0.15, -0.1) is 0 Å². The average molecular weight is 203 g/mol. The summed E-state index contributed by atoms with van der Waals surface area (Å²) in [6.07, 6.45) is 3.06. The van der Waals surface area contributed by atoms with Gasteiger partial charge in [0.25, 0.3) is 0 Å². The highest BCUT2D eigenvalue weighted by atomic mass is 14.1. The van der Waals surface area contributed by atoms with Gasteiger partial charge < -0.3 is 0 Å². The van der Waals surface area contributed by atoms with Crippen molar-refractivity contribution >= 4 is 21.5 Å². The summed E-state index contributed by atoms with van der Waals surface area (Å²) in [5.74, 6) is 0. The molecule has 0 aliphatic carbocycles. The van der Waals surface area contributed by atoms with Crippen molar-refractivity contribution in [2.24, 2.45) is 0 Å². The molecular weight excluding hydrogens is 192 g/mol. The molecule has 0 aliphatic heterocycles. The van der Waals surface area contributed by atoms with Crippen LogP contribution in [0.3, 0.4) is 0 Å². The van der Waals surface area contributed by atoms with Crippen LogP contribution in [-0.2, 0) is 0 Å². The van der Waals surface area contributed by atoms with Crippen molar-refractivity contribution in [3.8, 4) is 0 Å². The van der Waals surface area contributed by atoms with E-state index in [1.807, 2.05) is 0 Å². The van der Waals surface area contributed by atoms with Gasteiger partial charge in [-0.25, -0.2) is 0 Å². The van der Waals surface area contributed by atoms with E-state index >= 15 is 0 Å². The van der Waals surface area contributed by atoms with E-state index in [-0.39, 0.29) is 0 Å². The van der Waals surface area contributed by atoms with Crippen LogP contribution >= 0.6 is 0 Å². The van der Waals surface area contributed by atoms with Crippen molar-refractivity contribution in [2.75, 3.05) is 0 Å². The van der Waals surface area contributed by atoms with E-state index < -0.39 is 0 Å². The molecule has 3 rings (SSSR count). The highest BCUT2D eigenvalue weighted by Crippen LogP contribution is 2.28. The molecule has 0 atom stereocenters. The summed E-state index contributed by atoms with van der Waals surface area (Å²) in [6.45, 7) is 3.81.